The number of hydrogen-bond donors (Lipinski definition) is 1. The molecule has 3 rings (SSSR count). The van der Waals surface area contributed by atoms with Crippen molar-refractivity contribution >= 4 is 11.6 Å². The number of aliphatic imine (C=N–C) groups is 1. The number of hydrogen-bond acceptors (Lipinski definition) is 2. The van der Waals surface area contributed by atoms with Crippen LogP contribution in [0.25, 0.3) is 0 Å². The van der Waals surface area contributed by atoms with Crippen molar-refractivity contribution in [2.45, 2.75) is 12.5 Å². The maximum absolute atomic E-state index is 11.8. The molecule has 1 aliphatic rings. The van der Waals surface area contributed by atoms with Gasteiger partial charge in [0.25, 0.3) is 5.91 Å². The van der Waals surface area contributed by atoms with E-state index in [2.05, 4.69) is 4.99 Å². The van der Waals surface area contributed by atoms with E-state index in [9.17, 15) is 4.79 Å². The summed E-state index contributed by atoms with van der Waals surface area (Å²) in [6.07, 6.45) is 0. The van der Waals surface area contributed by atoms with Crippen molar-refractivity contribution in [2.75, 3.05) is 0 Å². The van der Waals surface area contributed by atoms with Crippen LogP contribution in [0.4, 0.5) is 0 Å². The van der Waals surface area contributed by atoms with E-state index < -0.39 is 11.4 Å². The predicted octanol–water partition coefficient (Wildman–Crippen LogP) is 2.18. The Morgan fingerprint density at radius 2 is 1.68 bits per heavy atom. The maximum atomic E-state index is 11.8. The van der Waals surface area contributed by atoms with E-state index in [1.807, 2.05) is 61.5 Å². The molecule has 3 nitrogen and oxygen atoms in total. The molecule has 19 heavy (non-hydrogen) atoms. The average molecular weight is 250 g/mol. The number of aryl methyl sites for hydroxylation is 1. The Morgan fingerprint density at radius 1 is 1.05 bits per heavy atom. The molecule has 0 spiro atoms. The number of carbonyl (C=O) groups is 1. The quantitative estimate of drug-likeness (QED) is 0.891. The summed E-state index contributed by atoms with van der Waals surface area (Å²) >= 11 is 0. The first-order chi connectivity index (χ1) is 9.14. The Hall–Kier alpha value is -2.42. The molecule has 1 atom stereocenters. The summed E-state index contributed by atoms with van der Waals surface area (Å²) in [5.74, 6) is -0.422. The van der Waals surface area contributed by atoms with Crippen molar-refractivity contribution in [2.24, 2.45) is 10.7 Å². The normalized spacial score (nSPS) is 20.8. The molecule has 0 bridgehead atoms. The summed E-state index contributed by atoms with van der Waals surface area (Å²) in [4.78, 5) is 16.2. The van der Waals surface area contributed by atoms with Crippen molar-refractivity contribution in [1.29, 1.82) is 0 Å². The minimum Gasteiger partial charge on any atom is -0.367 e. The number of primary amides is 1. The van der Waals surface area contributed by atoms with Crippen molar-refractivity contribution < 1.29 is 4.79 Å². The van der Waals surface area contributed by atoms with Crippen LogP contribution in [-0.4, -0.2) is 11.6 Å². The van der Waals surface area contributed by atoms with E-state index in [0.29, 0.717) is 0 Å². The van der Waals surface area contributed by atoms with Gasteiger partial charge in [0, 0.05) is 0 Å². The molecule has 2 N–H and O–H groups in total. The fourth-order valence-electron chi connectivity index (χ4n) is 2.32. The molecule has 0 saturated heterocycles. The van der Waals surface area contributed by atoms with Crippen LogP contribution < -0.4 is 5.73 Å². The Kier molecular flexibility index (Phi) is 2.49. The third kappa shape index (κ3) is 1.74. The van der Waals surface area contributed by atoms with Crippen LogP contribution >= 0.6 is 0 Å². The first-order valence-electron chi connectivity index (χ1n) is 6.17. The second-order valence-electron chi connectivity index (χ2n) is 4.77. The van der Waals surface area contributed by atoms with Crippen molar-refractivity contribution in [3.63, 3.8) is 0 Å². The third-order valence-corrected chi connectivity index (χ3v) is 3.45. The molecule has 1 heterocycles. The minimum atomic E-state index is -0.962. The zero-order valence-electron chi connectivity index (χ0n) is 10.6. The van der Waals surface area contributed by atoms with Gasteiger partial charge in [0.15, 0.2) is 0 Å². The molecule has 0 fully saturated rings. The Balaban J connectivity index is 2.01. The number of amides is 1. The Labute approximate surface area is 111 Å². The molecular formula is C16H14N2O. The number of benzene rings is 2. The summed E-state index contributed by atoms with van der Waals surface area (Å²) in [7, 11) is 0. The van der Waals surface area contributed by atoms with Gasteiger partial charge in [-0.3, -0.25) is 9.79 Å². The average Bonchev–Trinajstić information content (AvgIpc) is 3.17. The molecule has 2 aromatic rings. The van der Waals surface area contributed by atoms with Gasteiger partial charge < -0.3 is 5.73 Å². The van der Waals surface area contributed by atoms with Gasteiger partial charge in [-0.25, -0.2) is 0 Å². The standard InChI is InChI=1S/C16H14N2O/c1-11-7-9-12(10-8-11)14-16(18-14,15(17)19)13-5-3-2-4-6-13/h2-10H,1H3,(H2,17,19). The molecule has 94 valence electrons. The Bertz CT molecular complexity index is 659. The van der Waals surface area contributed by atoms with E-state index in [1.54, 1.807) is 0 Å². The number of carbonyl (C=O) groups excluding carboxylic acids is 1. The van der Waals surface area contributed by atoms with E-state index >= 15 is 0 Å². The molecule has 0 aliphatic carbocycles. The summed E-state index contributed by atoms with van der Waals surface area (Å²) < 4.78 is 0. The van der Waals surface area contributed by atoms with Crippen molar-refractivity contribution in [3.8, 4) is 0 Å². The molecule has 1 amide bonds. The van der Waals surface area contributed by atoms with E-state index in [1.165, 1.54) is 5.56 Å². The molecule has 1 aliphatic heterocycles. The lowest BCUT2D eigenvalue weighted by molar-refractivity contribution is -0.120. The van der Waals surface area contributed by atoms with Crippen LogP contribution in [0, 0.1) is 6.92 Å². The second-order valence-corrected chi connectivity index (χ2v) is 4.77. The summed E-state index contributed by atoms with van der Waals surface area (Å²) in [6.45, 7) is 2.02. The lowest BCUT2D eigenvalue weighted by Gasteiger charge is -2.11. The molecule has 2 aromatic carbocycles. The van der Waals surface area contributed by atoms with Gasteiger partial charge in [-0.1, -0.05) is 60.2 Å². The second kappa shape index (κ2) is 4.05. The highest BCUT2D eigenvalue weighted by atomic mass is 16.1. The zero-order chi connectivity index (χ0) is 13.5. The van der Waals surface area contributed by atoms with Gasteiger partial charge in [0.2, 0.25) is 5.54 Å². The largest absolute Gasteiger partial charge is 0.367 e. The summed E-state index contributed by atoms with van der Waals surface area (Å²) in [5, 5.41) is 0. The molecule has 0 saturated carbocycles. The van der Waals surface area contributed by atoms with Gasteiger partial charge in [-0.2, -0.15) is 0 Å². The van der Waals surface area contributed by atoms with Crippen LogP contribution in [0.3, 0.4) is 0 Å². The van der Waals surface area contributed by atoms with E-state index in [4.69, 9.17) is 5.73 Å². The molecule has 0 aromatic heterocycles. The van der Waals surface area contributed by atoms with Gasteiger partial charge in [0.05, 0.1) is 5.71 Å². The summed E-state index contributed by atoms with van der Waals surface area (Å²) in [6, 6.07) is 17.4. The highest BCUT2D eigenvalue weighted by Gasteiger charge is 2.54. The van der Waals surface area contributed by atoms with Gasteiger partial charge >= 0.3 is 0 Å². The third-order valence-electron chi connectivity index (χ3n) is 3.45. The Morgan fingerprint density at radius 3 is 2.26 bits per heavy atom. The van der Waals surface area contributed by atoms with Crippen molar-refractivity contribution in [1.82, 2.24) is 0 Å². The molecule has 0 radical (unpaired) electrons. The predicted molar refractivity (Wildman–Crippen MR) is 75.0 cm³/mol. The smallest absolute Gasteiger partial charge is 0.256 e. The maximum Gasteiger partial charge on any atom is 0.256 e. The highest BCUT2D eigenvalue weighted by molar-refractivity contribution is 6.29. The monoisotopic (exact) mass is 250 g/mol. The SMILES string of the molecule is Cc1ccc(C2=NC2(C(N)=O)c2ccccc2)cc1. The van der Waals surface area contributed by atoms with Crippen molar-refractivity contribution in [3.05, 3.63) is 71.3 Å². The van der Waals surface area contributed by atoms with Crippen LogP contribution in [0.15, 0.2) is 59.6 Å². The number of rotatable bonds is 3. The molecule has 3 heteroatoms. The minimum absolute atomic E-state index is 0.422. The zero-order valence-corrected chi connectivity index (χ0v) is 10.6. The van der Waals surface area contributed by atoms with Gasteiger partial charge in [0.1, 0.15) is 0 Å². The fraction of sp³-hybridized carbons (Fsp3) is 0.125. The number of nitrogens with zero attached hydrogens (tertiary/aromatic N) is 1. The lowest BCUT2D eigenvalue weighted by Crippen LogP contribution is -2.34. The summed E-state index contributed by atoms with van der Waals surface area (Å²) in [5.41, 5.74) is 8.32. The van der Waals surface area contributed by atoms with E-state index in [-0.39, 0.29) is 0 Å². The van der Waals surface area contributed by atoms with Crippen LogP contribution in [0.1, 0.15) is 16.7 Å². The van der Waals surface area contributed by atoms with E-state index in [0.717, 1.165) is 16.8 Å². The lowest BCUT2D eigenvalue weighted by atomic mass is 9.89. The highest BCUT2D eigenvalue weighted by Crippen LogP contribution is 2.42. The van der Waals surface area contributed by atoms with Crippen LogP contribution in [0.2, 0.25) is 0 Å². The first-order valence-corrected chi connectivity index (χ1v) is 6.17. The van der Waals surface area contributed by atoms with Gasteiger partial charge in [-0.05, 0) is 18.1 Å². The van der Waals surface area contributed by atoms with Crippen LogP contribution in [0.5, 0.6) is 0 Å². The first kappa shape index (κ1) is 11.7. The number of nitrogens with two attached hydrogens (primary N) is 1. The topological polar surface area (TPSA) is 55.4 Å². The van der Waals surface area contributed by atoms with Crippen LogP contribution in [-0.2, 0) is 10.3 Å². The fourth-order valence-corrected chi connectivity index (χ4v) is 2.32. The molecular weight excluding hydrogens is 236 g/mol. The molecule has 1 unspecified atom stereocenters. The van der Waals surface area contributed by atoms with Gasteiger partial charge in [-0.15, -0.1) is 0 Å².